The maximum Gasteiger partial charge on any atom is 0.321 e. The minimum Gasteiger partial charge on any atom is -0.465 e. The molecule has 0 N–H and O–H groups in total. The summed E-state index contributed by atoms with van der Waals surface area (Å²) in [6.07, 6.45) is 9.20. The van der Waals surface area contributed by atoms with Crippen LogP contribution in [0.2, 0.25) is 0 Å². The molecule has 3 saturated heterocycles. The van der Waals surface area contributed by atoms with Gasteiger partial charge in [0.25, 0.3) is 0 Å². The summed E-state index contributed by atoms with van der Waals surface area (Å²) in [5.74, 6) is 0.454. The Bertz CT molecular complexity index is 1530. The summed E-state index contributed by atoms with van der Waals surface area (Å²) in [6.45, 7) is 6.35. The van der Waals surface area contributed by atoms with Crippen molar-refractivity contribution in [3.63, 3.8) is 0 Å². The highest BCUT2D eigenvalue weighted by molar-refractivity contribution is 6.03. The Labute approximate surface area is 259 Å². The zero-order valence-electron chi connectivity index (χ0n) is 26.1. The molecule has 1 aliphatic carbocycles. The first kappa shape index (κ1) is 29.5. The van der Waals surface area contributed by atoms with Crippen LogP contribution in [0.5, 0.6) is 0 Å². The number of halogens is 1. The lowest BCUT2D eigenvalue weighted by Gasteiger charge is -2.48. The molecule has 2 atom stereocenters. The normalized spacial score (nSPS) is 26.0. The average molecular weight is 601 g/mol. The van der Waals surface area contributed by atoms with E-state index in [1.54, 1.807) is 13.0 Å². The fraction of sp³-hybridized carbons (Fsp3) is 0.583. The number of nitrogens with zero attached hydrogens (tertiary/aromatic N) is 4. The monoisotopic (exact) mass is 600 g/mol. The number of aryl methyl sites for hydroxylation is 1. The maximum atomic E-state index is 14.6. The summed E-state index contributed by atoms with van der Waals surface area (Å²) < 4.78 is 22.4. The number of ether oxygens (including phenoxy) is 1. The zero-order valence-corrected chi connectivity index (χ0v) is 26.1. The van der Waals surface area contributed by atoms with E-state index in [0.717, 1.165) is 62.0 Å². The van der Waals surface area contributed by atoms with E-state index in [-0.39, 0.29) is 29.7 Å². The van der Waals surface area contributed by atoms with Crippen molar-refractivity contribution in [3.8, 4) is 0 Å². The first-order valence-corrected chi connectivity index (χ1v) is 16.8. The molecular formula is C36H45FN4O3. The number of esters is 1. The number of para-hydroxylation sites is 2. The van der Waals surface area contributed by atoms with Gasteiger partial charge in [0.05, 0.1) is 17.6 Å². The van der Waals surface area contributed by atoms with Gasteiger partial charge in [0.1, 0.15) is 17.1 Å². The molecule has 7 rings (SSSR count). The van der Waals surface area contributed by atoms with Gasteiger partial charge in [0, 0.05) is 31.2 Å². The molecule has 234 valence electrons. The minimum absolute atomic E-state index is 0.0718. The molecule has 1 aromatic heterocycles. The summed E-state index contributed by atoms with van der Waals surface area (Å²) in [5, 5.41) is 0. The van der Waals surface area contributed by atoms with Crippen LogP contribution >= 0.6 is 0 Å². The number of carbonyl (C=O) groups excluding carboxylic acids is 2. The number of imidazole rings is 1. The van der Waals surface area contributed by atoms with Crippen molar-refractivity contribution in [3.05, 3.63) is 65.7 Å². The number of likely N-dealkylation sites (tertiary alicyclic amines) is 1. The highest BCUT2D eigenvalue weighted by Gasteiger charge is 2.55. The second-order valence-corrected chi connectivity index (χ2v) is 13.8. The minimum atomic E-state index is -1.00. The smallest absolute Gasteiger partial charge is 0.321 e. The van der Waals surface area contributed by atoms with Crippen molar-refractivity contribution in [1.82, 2.24) is 19.4 Å². The predicted octanol–water partition coefficient (Wildman–Crippen LogP) is 6.34. The quantitative estimate of drug-likeness (QED) is 0.223. The highest BCUT2D eigenvalue weighted by atomic mass is 19.1. The maximum absolute atomic E-state index is 14.6. The van der Waals surface area contributed by atoms with Gasteiger partial charge in [-0.2, -0.15) is 0 Å². The number of rotatable bonds is 8. The molecule has 1 saturated carbocycles. The van der Waals surface area contributed by atoms with Crippen molar-refractivity contribution >= 4 is 22.9 Å². The fourth-order valence-corrected chi connectivity index (χ4v) is 9.04. The molecule has 4 fully saturated rings. The summed E-state index contributed by atoms with van der Waals surface area (Å²) >= 11 is 0. The summed E-state index contributed by atoms with van der Waals surface area (Å²) in [4.78, 5) is 36.0. The van der Waals surface area contributed by atoms with E-state index in [9.17, 15) is 14.0 Å². The van der Waals surface area contributed by atoms with Gasteiger partial charge in [-0.05, 0) is 113 Å². The first-order chi connectivity index (χ1) is 21.3. The summed E-state index contributed by atoms with van der Waals surface area (Å²) in [5.41, 5.74) is 2.14. The molecule has 2 aromatic carbocycles. The van der Waals surface area contributed by atoms with Gasteiger partial charge in [-0.15, -0.1) is 0 Å². The highest BCUT2D eigenvalue weighted by Crippen LogP contribution is 2.47. The van der Waals surface area contributed by atoms with E-state index in [1.807, 2.05) is 11.0 Å². The topological polar surface area (TPSA) is 67.7 Å². The number of hydrogen-bond donors (Lipinski definition) is 0. The van der Waals surface area contributed by atoms with E-state index < -0.39 is 5.41 Å². The van der Waals surface area contributed by atoms with Crippen LogP contribution in [0.4, 0.5) is 4.39 Å². The standard InChI is InChI=1S/C36H45FN4O3/c1-3-44-34(43)36(14-7-15-36)33(42)39-19-16-35(17-20-39,26-8-6-9-27(37)22-26)18-21-40-28-12-13-29(40)24-30(23-28)41-25(2)38-31-10-4-5-11-32(31)41/h4-6,8-11,22,28-30H,3,7,12-21,23-24H2,1-2H3. The van der Waals surface area contributed by atoms with Crippen LogP contribution in [0.25, 0.3) is 11.0 Å². The molecule has 2 bridgehead atoms. The van der Waals surface area contributed by atoms with E-state index in [1.165, 1.54) is 24.4 Å². The van der Waals surface area contributed by atoms with E-state index >= 15 is 0 Å². The molecule has 44 heavy (non-hydrogen) atoms. The Morgan fingerprint density at radius 2 is 1.70 bits per heavy atom. The third-order valence-electron chi connectivity index (χ3n) is 11.6. The van der Waals surface area contributed by atoms with Crippen LogP contribution in [0.15, 0.2) is 48.5 Å². The number of carbonyl (C=O) groups is 2. The summed E-state index contributed by atoms with van der Waals surface area (Å²) in [6, 6.07) is 17.1. The van der Waals surface area contributed by atoms with Crippen LogP contribution in [-0.2, 0) is 19.7 Å². The third-order valence-corrected chi connectivity index (χ3v) is 11.6. The Hall–Kier alpha value is -3.26. The van der Waals surface area contributed by atoms with Crippen molar-refractivity contribution in [2.45, 2.75) is 102 Å². The van der Waals surface area contributed by atoms with Gasteiger partial charge < -0.3 is 14.2 Å². The average Bonchev–Trinajstić information content (AvgIpc) is 3.46. The molecule has 4 aliphatic rings. The first-order valence-electron chi connectivity index (χ1n) is 16.8. The lowest BCUT2D eigenvalue weighted by molar-refractivity contribution is -0.172. The van der Waals surface area contributed by atoms with Gasteiger partial charge in [-0.25, -0.2) is 9.37 Å². The van der Waals surface area contributed by atoms with Gasteiger partial charge in [-0.1, -0.05) is 30.7 Å². The van der Waals surface area contributed by atoms with Crippen LogP contribution in [0.1, 0.15) is 88.6 Å². The Balaban J connectivity index is 1.07. The Kier molecular flexibility index (Phi) is 7.76. The number of benzene rings is 2. The molecular weight excluding hydrogens is 555 g/mol. The van der Waals surface area contributed by atoms with Crippen molar-refractivity contribution < 1.29 is 18.7 Å². The van der Waals surface area contributed by atoms with Crippen LogP contribution in [0, 0.1) is 18.2 Å². The second-order valence-electron chi connectivity index (χ2n) is 13.8. The lowest BCUT2D eigenvalue weighted by Crippen LogP contribution is -2.56. The van der Waals surface area contributed by atoms with E-state index in [2.05, 4.69) is 46.7 Å². The molecule has 0 radical (unpaired) electrons. The van der Waals surface area contributed by atoms with Crippen molar-refractivity contribution in [2.24, 2.45) is 5.41 Å². The number of hydrogen-bond acceptors (Lipinski definition) is 5. The number of fused-ring (bicyclic) bond motifs is 3. The molecule has 8 heteroatoms. The molecule has 3 aliphatic heterocycles. The van der Waals surface area contributed by atoms with Crippen molar-refractivity contribution in [2.75, 3.05) is 26.2 Å². The third kappa shape index (κ3) is 4.93. The molecule has 4 heterocycles. The molecule has 3 aromatic rings. The lowest BCUT2D eigenvalue weighted by atomic mass is 9.66. The van der Waals surface area contributed by atoms with Gasteiger partial charge in [0.15, 0.2) is 0 Å². The fourth-order valence-electron chi connectivity index (χ4n) is 9.04. The number of amides is 1. The van der Waals surface area contributed by atoms with E-state index in [4.69, 9.17) is 9.72 Å². The van der Waals surface area contributed by atoms with Crippen LogP contribution < -0.4 is 0 Å². The SMILES string of the molecule is CCOC(=O)C1(C(=O)N2CCC(CCN3C4CCC3CC(n3c(C)nc5ccccc53)C4)(c3cccc(F)c3)CC2)CCC1. The van der Waals surface area contributed by atoms with E-state index in [0.29, 0.717) is 44.1 Å². The van der Waals surface area contributed by atoms with Crippen molar-refractivity contribution in [1.29, 1.82) is 0 Å². The molecule has 0 spiro atoms. The van der Waals surface area contributed by atoms with Gasteiger partial charge in [0.2, 0.25) is 5.91 Å². The van der Waals surface area contributed by atoms with Crippen LogP contribution in [-0.4, -0.2) is 69.6 Å². The predicted molar refractivity (Wildman–Crippen MR) is 168 cm³/mol. The molecule has 7 nitrogen and oxygen atoms in total. The molecule has 1 amide bonds. The van der Waals surface area contributed by atoms with Gasteiger partial charge >= 0.3 is 5.97 Å². The second kappa shape index (κ2) is 11.6. The Morgan fingerprint density at radius 3 is 2.36 bits per heavy atom. The largest absolute Gasteiger partial charge is 0.465 e. The molecule has 2 unspecified atom stereocenters. The Morgan fingerprint density at radius 1 is 0.977 bits per heavy atom. The summed E-state index contributed by atoms with van der Waals surface area (Å²) in [7, 11) is 0. The van der Waals surface area contributed by atoms with Crippen LogP contribution in [0.3, 0.4) is 0 Å². The number of aromatic nitrogens is 2. The zero-order chi connectivity index (χ0) is 30.5. The number of piperidine rings is 2. The van der Waals surface area contributed by atoms with Gasteiger partial charge in [-0.3, -0.25) is 14.5 Å².